The highest BCUT2D eigenvalue weighted by Crippen LogP contribution is 2.29. The van der Waals surface area contributed by atoms with E-state index >= 15 is 0 Å². The predicted octanol–water partition coefficient (Wildman–Crippen LogP) is 0.974. The van der Waals surface area contributed by atoms with Crippen LogP contribution in [0.5, 0.6) is 0 Å². The molecule has 64 valence electrons. The first-order valence-corrected chi connectivity index (χ1v) is 3.77. The van der Waals surface area contributed by atoms with E-state index in [-0.39, 0.29) is 17.5 Å². The molecule has 0 amide bonds. The minimum absolute atomic E-state index is 0.0602. The highest BCUT2D eigenvalue weighted by atomic mass is 16.5. The molecule has 0 bridgehead atoms. The molecule has 1 rings (SSSR count). The van der Waals surface area contributed by atoms with Crippen LogP contribution in [0.2, 0.25) is 0 Å². The Morgan fingerprint density at radius 1 is 1.64 bits per heavy atom. The Balaban J connectivity index is 2.48. The van der Waals surface area contributed by atoms with Gasteiger partial charge in [-0.2, -0.15) is 0 Å². The second kappa shape index (κ2) is 2.81. The van der Waals surface area contributed by atoms with Gasteiger partial charge in [-0.15, -0.1) is 0 Å². The number of hydrogen-bond acceptors (Lipinski definition) is 3. The number of carbonyl (C=O) groups is 1. The maximum Gasteiger partial charge on any atom is 0.311 e. The Morgan fingerprint density at radius 2 is 2.27 bits per heavy atom. The molecule has 1 aliphatic rings. The van der Waals surface area contributed by atoms with E-state index in [9.17, 15) is 4.79 Å². The van der Waals surface area contributed by atoms with Gasteiger partial charge in [0.2, 0.25) is 0 Å². The summed E-state index contributed by atoms with van der Waals surface area (Å²) in [6.07, 6.45) is 0.764. The van der Waals surface area contributed by atoms with Gasteiger partial charge in [-0.05, 0) is 20.3 Å². The fourth-order valence-electron chi connectivity index (χ4n) is 1.36. The van der Waals surface area contributed by atoms with Gasteiger partial charge >= 0.3 is 5.97 Å². The van der Waals surface area contributed by atoms with Crippen molar-refractivity contribution in [2.45, 2.75) is 25.9 Å². The van der Waals surface area contributed by atoms with Crippen molar-refractivity contribution in [3.8, 4) is 0 Å². The topological polar surface area (TPSA) is 35.5 Å². The molecule has 0 aliphatic carbocycles. The molecule has 0 unspecified atom stereocenters. The Morgan fingerprint density at radius 3 is 2.64 bits per heavy atom. The van der Waals surface area contributed by atoms with Crippen molar-refractivity contribution in [3.63, 3.8) is 0 Å². The van der Waals surface area contributed by atoms with Gasteiger partial charge in [0.25, 0.3) is 0 Å². The average Bonchev–Trinajstić information content (AvgIpc) is 2.29. The molecular formula is C8H14O3. The van der Waals surface area contributed by atoms with Crippen molar-refractivity contribution >= 4 is 5.97 Å². The summed E-state index contributed by atoms with van der Waals surface area (Å²) < 4.78 is 9.98. The van der Waals surface area contributed by atoms with Gasteiger partial charge in [-0.3, -0.25) is 4.79 Å². The Kier molecular flexibility index (Phi) is 2.18. The zero-order valence-corrected chi connectivity index (χ0v) is 7.22. The van der Waals surface area contributed by atoms with Crippen LogP contribution in [0.15, 0.2) is 0 Å². The summed E-state index contributed by atoms with van der Waals surface area (Å²) in [5.74, 6) is -0.217. The molecule has 0 aromatic heterocycles. The minimum atomic E-state index is -0.157. The molecule has 0 aromatic carbocycles. The highest BCUT2D eigenvalue weighted by Gasteiger charge is 2.36. The Hall–Kier alpha value is -0.570. The van der Waals surface area contributed by atoms with Crippen molar-refractivity contribution < 1.29 is 14.3 Å². The fourth-order valence-corrected chi connectivity index (χ4v) is 1.36. The van der Waals surface area contributed by atoms with Crippen LogP contribution < -0.4 is 0 Å². The van der Waals surface area contributed by atoms with E-state index in [0.29, 0.717) is 6.61 Å². The van der Waals surface area contributed by atoms with E-state index in [0.717, 1.165) is 6.42 Å². The van der Waals surface area contributed by atoms with Crippen LogP contribution in [0, 0.1) is 5.92 Å². The minimum Gasteiger partial charge on any atom is -0.469 e. The second-order valence-corrected chi connectivity index (χ2v) is 3.49. The largest absolute Gasteiger partial charge is 0.469 e. The smallest absolute Gasteiger partial charge is 0.311 e. The van der Waals surface area contributed by atoms with E-state index < -0.39 is 0 Å². The van der Waals surface area contributed by atoms with Gasteiger partial charge in [0, 0.05) is 0 Å². The third kappa shape index (κ3) is 1.93. The summed E-state index contributed by atoms with van der Waals surface area (Å²) in [5.41, 5.74) is -0.154. The maximum absolute atomic E-state index is 11.0. The normalized spacial score (nSPS) is 28.5. The number of esters is 1. The second-order valence-electron chi connectivity index (χ2n) is 3.49. The highest BCUT2D eigenvalue weighted by molar-refractivity contribution is 5.72. The predicted molar refractivity (Wildman–Crippen MR) is 40.2 cm³/mol. The molecule has 3 nitrogen and oxygen atoms in total. The molecule has 1 aliphatic heterocycles. The van der Waals surface area contributed by atoms with Gasteiger partial charge in [0.15, 0.2) is 0 Å². The summed E-state index contributed by atoms with van der Waals surface area (Å²) in [6.45, 7) is 4.46. The molecule has 0 aromatic rings. The van der Waals surface area contributed by atoms with Crippen LogP contribution in [-0.2, 0) is 14.3 Å². The molecule has 1 heterocycles. The van der Waals surface area contributed by atoms with E-state index in [4.69, 9.17) is 4.74 Å². The van der Waals surface area contributed by atoms with Crippen molar-refractivity contribution in [2.24, 2.45) is 5.92 Å². The lowest BCUT2D eigenvalue weighted by molar-refractivity contribution is -0.145. The molecule has 0 saturated carbocycles. The van der Waals surface area contributed by atoms with Crippen LogP contribution in [-0.4, -0.2) is 25.3 Å². The van der Waals surface area contributed by atoms with Gasteiger partial charge in [0.1, 0.15) is 0 Å². The number of rotatable bonds is 1. The first-order chi connectivity index (χ1) is 5.05. The maximum atomic E-state index is 11.0. The molecular weight excluding hydrogens is 144 g/mol. The van der Waals surface area contributed by atoms with Gasteiger partial charge < -0.3 is 9.47 Å². The third-order valence-electron chi connectivity index (χ3n) is 1.95. The van der Waals surface area contributed by atoms with Crippen LogP contribution >= 0.6 is 0 Å². The van der Waals surface area contributed by atoms with Gasteiger partial charge in [0.05, 0.1) is 25.2 Å². The Bertz CT molecular complexity index is 163. The first kappa shape index (κ1) is 8.53. The lowest BCUT2D eigenvalue weighted by Crippen LogP contribution is -2.19. The quantitative estimate of drug-likeness (QED) is 0.533. The van der Waals surface area contributed by atoms with Crippen LogP contribution in [0.1, 0.15) is 20.3 Å². The standard InChI is InChI=1S/C8H14O3/c1-8(2)4-6(5-11-8)7(9)10-3/h6H,4-5H2,1-3H3/t6-/m1/s1. The number of ether oxygens (including phenoxy) is 2. The zero-order chi connectivity index (χ0) is 8.48. The zero-order valence-electron chi connectivity index (χ0n) is 7.22. The number of methoxy groups -OCH3 is 1. The monoisotopic (exact) mass is 158 g/mol. The van der Waals surface area contributed by atoms with E-state index in [1.165, 1.54) is 7.11 Å². The van der Waals surface area contributed by atoms with E-state index in [1.807, 2.05) is 13.8 Å². The average molecular weight is 158 g/mol. The van der Waals surface area contributed by atoms with E-state index in [2.05, 4.69) is 4.74 Å². The van der Waals surface area contributed by atoms with Crippen LogP contribution in [0.25, 0.3) is 0 Å². The SMILES string of the molecule is COC(=O)[C@H]1COC(C)(C)C1. The molecule has 0 radical (unpaired) electrons. The van der Waals surface area contributed by atoms with Crippen molar-refractivity contribution in [1.82, 2.24) is 0 Å². The van der Waals surface area contributed by atoms with E-state index in [1.54, 1.807) is 0 Å². The summed E-state index contributed by atoms with van der Waals surface area (Å²) in [6, 6.07) is 0. The van der Waals surface area contributed by atoms with Gasteiger partial charge in [-0.1, -0.05) is 0 Å². The van der Waals surface area contributed by atoms with Crippen LogP contribution in [0.3, 0.4) is 0 Å². The van der Waals surface area contributed by atoms with Gasteiger partial charge in [-0.25, -0.2) is 0 Å². The molecule has 0 N–H and O–H groups in total. The number of carbonyl (C=O) groups excluding carboxylic acids is 1. The molecule has 11 heavy (non-hydrogen) atoms. The lowest BCUT2D eigenvalue weighted by atomic mass is 9.98. The third-order valence-corrected chi connectivity index (χ3v) is 1.95. The summed E-state index contributed by atoms with van der Waals surface area (Å²) in [5, 5.41) is 0. The summed E-state index contributed by atoms with van der Waals surface area (Å²) >= 11 is 0. The molecule has 0 spiro atoms. The van der Waals surface area contributed by atoms with Crippen molar-refractivity contribution in [3.05, 3.63) is 0 Å². The number of hydrogen-bond donors (Lipinski definition) is 0. The molecule has 3 heteroatoms. The fraction of sp³-hybridized carbons (Fsp3) is 0.875. The Labute approximate surface area is 66.7 Å². The molecule has 1 saturated heterocycles. The summed E-state index contributed by atoms with van der Waals surface area (Å²) in [7, 11) is 1.41. The molecule has 1 fully saturated rings. The van der Waals surface area contributed by atoms with Crippen molar-refractivity contribution in [2.75, 3.05) is 13.7 Å². The molecule has 1 atom stereocenters. The first-order valence-electron chi connectivity index (χ1n) is 3.77. The summed E-state index contributed by atoms with van der Waals surface area (Å²) in [4.78, 5) is 11.0. The van der Waals surface area contributed by atoms with Crippen LogP contribution in [0.4, 0.5) is 0 Å². The van der Waals surface area contributed by atoms with Crippen molar-refractivity contribution in [1.29, 1.82) is 0 Å². The lowest BCUT2D eigenvalue weighted by Gasteiger charge is -2.15.